The fraction of sp³-hybridized carbons (Fsp3) is 0.111. The van der Waals surface area contributed by atoms with Gasteiger partial charge in [0.1, 0.15) is 0 Å². The lowest BCUT2D eigenvalue weighted by Crippen LogP contribution is -1.94. The van der Waals surface area contributed by atoms with Crippen molar-refractivity contribution in [1.82, 2.24) is 9.13 Å². The first-order chi connectivity index (χ1) is 23.0. The fourth-order valence-electron chi connectivity index (χ4n) is 8.06. The van der Waals surface area contributed by atoms with E-state index in [1.165, 1.54) is 98.5 Å². The van der Waals surface area contributed by atoms with Gasteiger partial charge in [0.15, 0.2) is 0 Å². The molecule has 2 heterocycles. The molecule has 9 rings (SSSR count). The van der Waals surface area contributed by atoms with Gasteiger partial charge < -0.3 is 9.13 Å². The van der Waals surface area contributed by atoms with Gasteiger partial charge in [-0.15, -0.1) is 0 Å². The largest absolute Gasteiger partial charge is 0.343 e. The van der Waals surface area contributed by atoms with Crippen LogP contribution >= 0.6 is 0 Å². The highest BCUT2D eigenvalue weighted by molar-refractivity contribution is 6.24. The molecule has 0 atom stereocenters. The monoisotopic (exact) mass is 604 g/mol. The summed E-state index contributed by atoms with van der Waals surface area (Å²) in [6.07, 6.45) is 5.39. The topological polar surface area (TPSA) is 9.86 Å². The minimum Gasteiger partial charge on any atom is -0.343 e. The summed E-state index contributed by atoms with van der Waals surface area (Å²) in [7, 11) is 4.42. The Hall–Kier alpha value is -5.60. The number of hydrogen-bond acceptors (Lipinski definition) is 0. The minimum atomic E-state index is 1.03. The van der Waals surface area contributed by atoms with E-state index in [1.807, 2.05) is 0 Å². The van der Waals surface area contributed by atoms with Crippen LogP contribution in [-0.4, -0.2) is 9.13 Å². The maximum Gasteiger partial charge on any atom is 0.0562 e. The van der Waals surface area contributed by atoms with Crippen molar-refractivity contribution >= 4 is 71.0 Å². The van der Waals surface area contributed by atoms with Crippen LogP contribution in [0.3, 0.4) is 0 Å². The zero-order valence-electron chi connectivity index (χ0n) is 27.3. The lowest BCUT2D eigenvalue weighted by Gasteiger charge is -2.12. The zero-order valence-corrected chi connectivity index (χ0v) is 27.3. The highest BCUT2D eigenvalue weighted by Crippen LogP contribution is 2.40. The first kappa shape index (κ1) is 27.7. The van der Waals surface area contributed by atoms with E-state index >= 15 is 0 Å². The predicted molar refractivity (Wildman–Crippen MR) is 204 cm³/mol. The number of fused-ring (bicyclic) bond motifs is 10. The molecular weight excluding hydrogens is 569 g/mol. The number of hydrogen-bond donors (Lipinski definition) is 0. The summed E-state index contributed by atoms with van der Waals surface area (Å²) in [6, 6.07) is 45.5. The van der Waals surface area contributed by atoms with E-state index in [0.717, 1.165) is 6.42 Å². The van der Waals surface area contributed by atoms with Gasteiger partial charge in [-0.25, -0.2) is 0 Å². The molecule has 0 aliphatic rings. The number of nitrogens with zero attached hydrogens (tertiary/aromatic N) is 2. The number of rotatable bonds is 4. The van der Waals surface area contributed by atoms with Gasteiger partial charge in [0.2, 0.25) is 0 Å². The van der Waals surface area contributed by atoms with Crippen molar-refractivity contribution in [3.8, 4) is 22.5 Å². The van der Waals surface area contributed by atoms with Gasteiger partial charge in [0.05, 0.1) is 11.0 Å². The van der Waals surface area contributed by atoms with Crippen LogP contribution in [0.25, 0.3) is 93.5 Å². The average molecular weight is 605 g/mol. The summed E-state index contributed by atoms with van der Waals surface area (Å²) in [6.45, 7) is 4.32. The zero-order chi connectivity index (χ0) is 31.8. The standard InChI is InChI=1S/C45H36N2/c1-5-9-30-24-32(14-12-28(30)6-2)42-26-34-16-18-38-36-21-23-41-39(37(36)20-22-40(38)44(34)46(42)3)19-17-35-27-43(47(4)45(35)41)33-15-13-29-10-7-8-11-31(29)25-33/h5,7-27H,6H2,1-4H3/b9-5-. The summed E-state index contributed by atoms with van der Waals surface area (Å²) in [4.78, 5) is 0. The van der Waals surface area contributed by atoms with Crippen LogP contribution in [0.15, 0.2) is 127 Å². The molecule has 0 spiro atoms. The summed E-state index contributed by atoms with van der Waals surface area (Å²) in [5.41, 5.74) is 10.2. The van der Waals surface area contributed by atoms with Crippen molar-refractivity contribution < 1.29 is 0 Å². The Morgan fingerprint density at radius 3 is 1.57 bits per heavy atom. The first-order valence-corrected chi connectivity index (χ1v) is 16.6. The predicted octanol–water partition coefficient (Wildman–Crippen LogP) is 12.2. The molecule has 0 aliphatic carbocycles. The van der Waals surface area contributed by atoms with Gasteiger partial charge in [0, 0.05) is 47.0 Å². The molecule has 0 unspecified atom stereocenters. The van der Waals surface area contributed by atoms with E-state index in [-0.39, 0.29) is 0 Å². The van der Waals surface area contributed by atoms with E-state index in [0.29, 0.717) is 0 Å². The Morgan fingerprint density at radius 1 is 0.489 bits per heavy atom. The highest BCUT2D eigenvalue weighted by atomic mass is 15.0. The maximum absolute atomic E-state index is 2.38. The van der Waals surface area contributed by atoms with Crippen molar-refractivity contribution in [2.24, 2.45) is 14.1 Å². The lowest BCUT2D eigenvalue weighted by atomic mass is 9.95. The van der Waals surface area contributed by atoms with Crippen molar-refractivity contribution in [1.29, 1.82) is 0 Å². The molecular formula is C45H36N2. The third kappa shape index (κ3) is 4.11. The van der Waals surface area contributed by atoms with Crippen molar-refractivity contribution in [2.45, 2.75) is 20.3 Å². The third-order valence-electron chi connectivity index (χ3n) is 10.4. The number of benzene rings is 7. The number of aromatic nitrogens is 2. The van der Waals surface area contributed by atoms with Crippen molar-refractivity contribution in [2.75, 3.05) is 0 Å². The molecule has 0 radical (unpaired) electrons. The van der Waals surface area contributed by atoms with Gasteiger partial charge in [-0.2, -0.15) is 0 Å². The van der Waals surface area contributed by atoms with E-state index in [1.54, 1.807) is 0 Å². The van der Waals surface area contributed by atoms with Crippen LogP contribution in [0, 0.1) is 0 Å². The second-order valence-corrected chi connectivity index (χ2v) is 12.9. The molecule has 2 heteroatoms. The molecule has 0 aliphatic heterocycles. The number of allylic oxidation sites excluding steroid dienone is 1. The van der Waals surface area contributed by atoms with Gasteiger partial charge in [-0.05, 0) is 92.2 Å². The Kier molecular flexibility index (Phi) is 6.17. The van der Waals surface area contributed by atoms with Crippen LogP contribution in [0.2, 0.25) is 0 Å². The smallest absolute Gasteiger partial charge is 0.0562 e. The van der Waals surface area contributed by atoms with Crippen LogP contribution in [0.5, 0.6) is 0 Å². The van der Waals surface area contributed by atoms with Crippen LogP contribution in [0.1, 0.15) is 25.0 Å². The van der Waals surface area contributed by atoms with Gasteiger partial charge in [-0.1, -0.05) is 116 Å². The summed E-state index contributed by atoms with van der Waals surface area (Å²) >= 11 is 0. The average Bonchev–Trinajstić information content (AvgIpc) is 3.64. The van der Waals surface area contributed by atoms with E-state index in [2.05, 4.69) is 171 Å². The Labute approximate surface area is 274 Å². The second kappa shape index (κ2) is 10.5. The lowest BCUT2D eigenvalue weighted by molar-refractivity contribution is 0.981. The third-order valence-corrected chi connectivity index (χ3v) is 10.4. The van der Waals surface area contributed by atoms with Crippen LogP contribution < -0.4 is 0 Å². The summed E-state index contributed by atoms with van der Waals surface area (Å²) in [5.74, 6) is 0. The van der Waals surface area contributed by atoms with E-state index in [9.17, 15) is 0 Å². The Morgan fingerprint density at radius 2 is 0.979 bits per heavy atom. The molecule has 0 saturated carbocycles. The molecule has 0 bridgehead atoms. The molecule has 9 aromatic rings. The Balaban J connectivity index is 1.22. The molecule has 0 amide bonds. The second-order valence-electron chi connectivity index (χ2n) is 12.9. The number of aryl methyl sites for hydroxylation is 3. The molecule has 0 saturated heterocycles. The van der Waals surface area contributed by atoms with E-state index in [4.69, 9.17) is 0 Å². The molecule has 226 valence electrons. The molecule has 7 aromatic carbocycles. The minimum absolute atomic E-state index is 1.03. The quantitative estimate of drug-likeness (QED) is 0.177. The molecule has 47 heavy (non-hydrogen) atoms. The molecule has 2 aromatic heterocycles. The normalized spacial score (nSPS) is 12.3. The van der Waals surface area contributed by atoms with Gasteiger partial charge in [-0.3, -0.25) is 0 Å². The van der Waals surface area contributed by atoms with Crippen molar-refractivity contribution in [3.05, 3.63) is 139 Å². The summed E-state index contributed by atoms with van der Waals surface area (Å²) in [5, 5.41) is 12.8. The fourth-order valence-corrected chi connectivity index (χ4v) is 8.06. The molecule has 0 fully saturated rings. The molecule has 0 N–H and O–H groups in total. The van der Waals surface area contributed by atoms with Gasteiger partial charge >= 0.3 is 0 Å². The maximum atomic E-state index is 2.38. The van der Waals surface area contributed by atoms with Crippen LogP contribution in [0.4, 0.5) is 0 Å². The summed E-state index contributed by atoms with van der Waals surface area (Å²) < 4.78 is 4.76. The van der Waals surface area contributed by atoms with Gasteiger partial charge in [0.25, 0.3) is 0 Å². The molecule has 2 nitrogen and oxygen atoms in total. The van der Waals surface area contributed by atoms with Crippen LogP contribution in [-0.2, 0) is 20.5 Å². The SMILES string of the molecule is C/C=C\c1cc(-c2cc3ccc4c5ccc6c(ccc7cc(-c8ccc9ccccc9c8)n(C)c76)c5ccc4c3n2C)ccc1CC. The van der Waals surface area contributed by atoms with E-state index < -0.39 is 0 Å². The van der Waals surface area contributed by atoms with Crippen molar-refractivity contribution in [3.63, 3.8) is 0 Å². The highest BCUT2D eigenvalue weighted by Gasteiger charge is 2.16. The first-order valence-electron chi connectivity index (χ1n) is 16.6. The Bertz CT molecular complexity index is 2750.